The molecule has 0 saturated carbocycles. The number of hydrogen-bond acceptors (Lipinski definition) is 5. The van der Waals surface area contributed by atoms with Gasteiger partial charge >= 0.3 is 0 Å². The minimum atomic E-state index is -0.224. The summed E-state index contributed by atoms with van der Waals surface area (Å²) in [5.74, 6) is 0.00485. The lowest BCUT2D eigenvalue weighted by Crippen LogP contribution is -2.42. The smallest absolute Gasteiger partial charge is 0.241 e. The van der Waals surface area contributed by atoms with Crippen molar-refractivity contribution in [3.8, 4) is 0 Å². The average Bonchev–Trinajstić information content (AvgIpc) is 2.93. The first-order valence-electron chi connectivity index (χ1n) is 7.82. The normalized spacial score (nSPS) is 12.3. The molecule has 1 aromatic carbocycles. The lowest BCUT2D eigenvalue weighted by molar-refractivity contribution is -0.121. The fourth-order valence-electron chi connectivity index (χ4n) is 2.41. The van der Waals surface area contributed by atoms with E-state index in [2.05, 4.69) is 22.1 Å². The number of nitrogens with one attached hydrogen (secondary N) is 1. The third kappa shape index (κ3) is 4.77. The van der Waals surface area contributed by atoms with Gasteiger partial charge in [-0.2, -0.15) is 0 Å². The molecule has 2 rings (SSSR count). The number of nitrogens with two attached hydrogens (primary N) is 1. The van der Waals surface area contributed by atoms with Gasteiger partial charge in [-0.05, 0) is 38.4 Å². The summed E-state index contributed by atoms with van der Waals surface area (Å²) in [5.41, 5.74) is 7.62. The second kappa shape index (κ2) is 8.08. The predicted molar refractivity (Wildman–Crippen MR) is 96.5 cm³/mol. The van der Waals surface area contributed by atoms with E-state index in [1.807, 2.05) is 38.1 Å². The molecule has 0 aliphatic rings. The van der Waals surface area contributed by atoms with Crippen molar-refractivity contribution in [3.05, 3.63) is 40.9 Å². The van der Waals surface area contributed by atoms with Crippen molar-refractivity contribution < 1.29 is 4.79 Å². The van der Waals surface area contributed by atoms with Gasteiger partial charge in [0.2, 0.25) is 5.91 Å². The van der Waals surface area contributed by atoms with Crippen molar-refractivity contribution in [2.45, 2.75) is 39.8 Å². The summed E-state index contributed by atoms with van der Waals surface area (Å²) in [4.78, 5) is 19.9. The minimum Gasteiger partial charge on any atom is -0.375 e. The highest BCUT2D eigenvalue weighted by atomic mass is 32.1. The molecule has 1 atom stereocenters. The number of nitrogen functional groups attached to an aromatic ring is 1. The standard InChI is InChI=1S/C17H24N4OS/c1-4-9-21(11-14-10-19-17(18)23-14)13(3)16(22)20-15-8-6-5-7-12(15)2/h5-8,10,13H,4,9,11H2,1-3H3,(H2,18,19)(H,20,22). The molecule has 1 unspecified atom stereocenters. The van der Waals surface area contributed by atoms with Gasteiger partial charge < -0.3 is 11.1 Å². The Morgan fingerprint density at radius 3 is 2.78 bits per heavy atom. The Morgan fingerprint density at radius 1 is 1.43 bits per heavy atom. The van der Waals surface area contributed by atoms with E-state index in [0.29, 0.717) is 11.7 Å². The Labute approximate surface area is 141 Å². The van der Waals surface area contributed by atoms with Crippen molar-refractivity contribution in [2.24, 2.45) is 0 Å². The Kier molecular flexibility index (Phi) is 6.12. The average molecular weight is 332 g/mol. The van der Waals surface area contributed by atoms with Crippen LogP contribution < -0.4 is 11.1 Å². The van der Waals surface area contributed by atoms with Crippen LogP contribution in [0.5, 0.6) is 0 Å². The summed E-state index contributed by atoms with van der Waals surface area (Å²) in [6.45, 7) is 7.57. The molecule has 1 heterocycles. The number of amides is 1. The van der Waals surface area contributed by atoms with Crippen LogP contribution in [0, 0.1) is 6.92 Å². The molecule has 0 fully saturated rings. The van der Waals surface area contributed by atoms with Crippen LogP contribution in [-0.4, -0.2) is 28.4 Å². The summed E-state index contributed by atoms with van der Waals surface area (Å²) in [5, 5.41) is 3.59. The van der Waals surface area contributed by atoms with E-state index in [1.165, 1.54) is 11.3 Å². The second-order valence-electron chi connectivity index (χ2n) is 5.62. The molecule has 0 spiro atoms. The number of hydrogen-bond donors (Lipinski definition) is 2. The maximum Gasteiger partial charge on any atom is 0.241 e. The van der Waals surface area contributed by atoms with Gasteiger partial charge in [-0.3, -0.25) is 9.69 Å². The highest BCUT2D eigenvalue weighted by Crippen LogP contribution is 2.19. The monoisotopic (exact) mass is 332 g/mol. The zero-order valence-corrected chi connectivity index (χ0v) is 14.7. The molecule has 124 valence electrons. The summed E-state index contributed by atoms with van der Waals surface area (Å²) in [6, 6.07) is 7.58. The van der Waals surface area contributed by atoms with Crippen LogP contribution in [0.25, 0.3) is 0 Å². The largest absolute Gasteiger partial charge is 0.375 e. The van der Waals surface area contributed by atoms with Crippen LogP contribution in [-0.2, 0) is 11.3 Å². The van der Waals surface area contributed by atoms with Crippen LogP contribution in [0.1, 0.15) is 30.7 Å². The van der Waals surface area contributed by atoms with Crippen molar-refractivity contribution in [2.75, 3.05) is 17.6 Å². The van der Waals surface area contributed by atoms with E-state index < -0.39 is 0 Å². The van der Waals surface area contributed by atoms with Gasteiger partial charge in [0.25, 0.3) is 0 Å². The number of aryl methyl sites for hydroxylation is 1. The van der Waals surface area contributed by atoms with Crippen molar-refractivity contribution in [3.63, 3.8) is 0 Å². The summed E-state index contributed by atoms with van der Waals surface area (Å²) in [7, 11) is 0. The maximum absolute atomic E-state index is 12.6. The highest BCUT2D eigenvalue weighted by molar-refractivity contribution is 7.15. The maximum atomic E-state index is 12.6. The van der Waals surface area contributed by atoms with E-state index >= 15 is 0 Å². The number of para-hydroxylation sites is 1. The fourth-order valence-corrected chi connectivity index (χ4v) is 3.12. The third-order valence-electron chi connectivity index (χ3n) is 3.77. The van der Waals surface area contributed by atoms with E-state index in [9.17, 15) is 4.79 Å². The van der Waals surface area contributed by atoms with Gasteiger partial charge in [0, 0.05) is 23.3 Å². The molecule has 0 radical (unpaired) electrons. The number of rotatable bonds is 7. The molecule has 0 aliphatic heterocycles. The number of nitrogens with zero attached hydrogens (tertiary/aromatic N) is 2. The molecule has 6 heteroatoms. The van der Waals surface area contributed by atoms with Gasteiger partial charge in [0.05, 0.1) is 6.04 Å². The molecule has 3 N–H and O–H groups in total. The zero-order valence-electron chi connectivity index (χ0n) is 13.9. The van der Waals surface area contributed by atoms with E-state index in [0.717, 1.165) is 29.1 Å². The van der Waals surface area contributed by atoms with Gasteiger partial charge in [-0.1, -0.05) is 25.1 Å². The van der Waals surface area contributed by atoms with Gasteiger partial charge in [0.1, 0.15) is 0 Å². The molecule has 5 nitrogen and oxygen atoms in total. The molecule has 0 bridgehead atoms. The lowest BCUT2D eigenvalue weighted by Gasteiger charge is -2.27. The van der Waals surface area contributed by atoms with Crippen LogP contribution in [0.3, 0.4) is 0 Å². The number of anilines is 2. The van der Waals surface area contributed by atoms with E-state index in [-0.39, 0.29) is 11.9 Å². The summed E-state index contributed by atoms with van der Waals surface area (Å²) >= 11 is 1.47. The van der Waals surface area contributed by atoms with Gasteiger partial charge in [0.15, 0.2) is 5.13 Å². The summed E-state index contributed by atoms with van der Waals surface area (Å²) in [6.07, 6.45) is 2.77. The Bertz CT molecular complexity index is 656. The number of benzene rings is 1. The molecule has 1 amide bonds. The topological polar surface area (TPSA) is 71.2 Å². The third-order valence-corrected chi connectivity index (χ3v) is 4.58. The molecule has 0 saturated heterocycles. The quantitative estimate of drug-likeness (QED) is 0.816. The van der Waals surface area contributed by atoms with Gasteiger partial charge in [-0.15, -0.1) is 11.3 Å². The highest BCUT2D eigenvalue weighted by Gasteiger charge is 2.22. The first-order chi connectivity index (χ1) is 11.0. The minimum absolute atomic E-state index is 0.00485. The van der Waals surface area contributed by atoms with Crippen LogP contribution in [0.4, 0.5) is 10.8 Å². The number of carbonyl (C=O) groups excluding carboxylic acids is 1. The molecular formula is C17H24N4OS. The van der Waals surface area contributed by atoms with Crippen LogP contribution in [0.2, 0.25) is 0 Å². The number of carbonyl (C=O) groups is 1. The molecule has 0 aliphatic carbocycles. The molecule has 23 heavy (non-hydrogen) atoms. The first kappa shape index (κ1) is 17.4. The predicted octanol–water partition coefficient (Wildman–Crippen LogP) is 3.27. The van der Waals surface area contributed by atoms with E-state index in [1.54, 1.807) is 6.20 Å². The Hall–Kier alpha value is -1.92. The van der Waals surface area contributed by atoms with Crippen molar-refractivity contribution in [1.29, 1.82) is 0 Å². The van der Waals surface area contributed by atoms with Crippen LogP contribution in [0.15, 0.2) is 30.5 Å². The fraction of sp³-hybridized carbons (Fsp3) is 0.412. The van der Waals surface area contributed by atoms with Crippen LogP contribution >= 0.6 is 11.3 Å². The lowest BCUT2D eigenvalue weighted by atomic mass is 10.2. The Balaban J connectivity index is 2.05. The van der Waals surface area contributed by atoms with Crippen molar-refractivity contribution >= 4 is 28.1 Å². The molecule has 2 aromatic rings. The number of thiazole rings is 1. The summed E-state index contributed by atoms with van der Waals surface area (Å²) < 4.78 is 0. The Morgan fingerprint density at radius 2 is 2.17 bits per heavy atom. The number of aromatic nitrogens is 1. The van der Waals surface area contributed by atoms with Gasteiger partial charge in [-0.25, -0.2) is 4.98 Å². The zero-order chi connectivity index (χ0) is 16.8. The van der Waals surface area contributed by atoms with Crippen molar-refractivity contribution in [1.82, 2.24) is 9.88 Å². The first-order valence-corrected chi connectivity index (χ1v) is 8.63. The molecular weight excluding hydrogens is 308 g/mol. The molecule has 1 aromatic heterocycles. The second-order valence-corrected chi connectivity index (χ2v) is 6.76. The SMILES string of the molecule is CCCN(Cc1cnc(N)s1)C(C)C(=O)Nc1ccccc1C. The van der Waals surface area contributed by atoms with E-state index in [4.69, 9.17) is 5.73 Å².